The van der Waals surface area contributed by atoms with E-state index in [1.54, 1.807) is 17.7 Å². The first kappa shape index (κ1) is 9.54. The molecule has 0 aromatic heterocycles. The average Bonchev–Trinajstić information content (AvgIpc) is 1.50. The van der Waals surface area contributed by atoms with Gasteiger partial charge in [0.1, 0.15) is 0 Å². The monoisotopic (exact) mass is 262 g/mol. The summed E-state index contributed by atoms with van der Waals surface area (Å²) in [5.41, 5.74) is 0. The van der Waals surface area contributed by atoms with Crippen molar-refractivity contribution in [2.75, 3.05) is 0 Å². The quantitative estimate of drug-likeness (QED) is 0.537. The van der Waals surface area contributed by atoms with Gasteiger partial charge in [0.05, 0.1) is 0 Å². The first-order chi connectivity index (χ1) is 2.00. The van der Waals surface area contributed by atoms with E-state index in [0.717, 1.165) is 0 Å². The van der Waals surface area contributed by atoms with Crippen molar-refractivity contribution in [1.29, 1.82) is 0 Å². The summed E-state index contributed by atoms with van der Waals surface area (Å²) in [4.78, 5) is 0. The fourth-order valence-corrected chi connectivity index (χ4v) is 0. The molecule has 0 heterocycles. The van der Waals surface area contributed by atoms with Crippen LogP contribution >= 0.6 is 0 Å². The van der Waals surface area contributed by atoms with E-state index in [1.165, 1.54) is 0 Å². The zero-order valence-corrected chi connectivity index (χ0v) is 7.01. The Labute approximate surface area is 58.9 Å². The van der Waals surface area contributed by atoms with Crippen molar-refractivity contribution in [3.63, 3.8) is 0 Å². The number of hydrogen-bond donors (Lipinski definition) is 0. The van der Waals surface area contributed by atoms with Crippen LogP contribution in [0.4, 0.5) is 0 Å². The Bertz CT molecular complexity index is 6.00. The Morgan fingerprint density at radius 3 is 1.25 bits per heavy atom. The van der Waals surface area contributed by atoms with Crippen LogP contribution in [-0.4, -0.2) is 0 Å². The first-order valence-electron chi connectivity index (χ1n) is 0.289. The van der Waals surface area contributed by atoms with Crippen LogP contribution in [0.5, 0.6) is 0 Å². The number of hydrogen-bond acceptors (Lipinski definition) is 0. The topological polar surface area (TPSA) is 0 Å². The van der Waals surface area contributed by atoms with Gasteiger partial charge in [0.2, 0.25) is 0 Å². The third-order valence-corrected chi connectivity index (χ3v) is 0. The van der Waals surface area contributed by atoms with Crippen LogP contribution in [-0.2, 0) is 59.7 Å². The van der Waals surface area contributed by atoms with E-state index in [-0.39, 0.29) is 0 Å². The molecule has 0 saturated heterocycles. The summed E-state index contributed by atoms with van der Waals surface area (Å²) in [6.07, 6.45) is 0. The van der Waals surface area contributed by atoms with E-state index in [0.29, 0.717) is 0 Å². The summed E-state index contributed by atoms with van der Waals surface area (Å²) >= 11 is 10.5. The molecule has 0 radical (unpaired) electrons. The Morgan fingerprint density at radius 1 is 1.25 bits per heavy atom. The van der Waals surface area contributed by atoms with Gasteiger partial charge in [-0.3, -0.25) is 0 Å². The van der Waals surface area contributed by atoms with Gasteiger partial charge in [-0.05, 0) is 0 Å². The van der Waals surface area contributed by atoms with Gasteiger partial charge in [0.25, 0.3) is 0 Å². The molecule has 0 aliphatic heterocycles. The van der Waals surface area contributed by atoms with E-state index in [1.807, 2.05) is 0 Å². The third-order valence-electron chi connectivity index (χ3n) is 0. The van der Waals surface area contributed by atoms with E-state index in [4.69, 9.17) is 0 Å². The van der Waals surface area contributed by atoms with E-state index >= 15 is 0 Å². The molecule has 0 rings (SSSR count). The van der Waals surface area contributed by atoms with Gasteiger partial charge in [-0.1, -0.05) is 0 Å². The second-order valence-corrected chi connectivity index (χ2v) is 0. The molecule has 0 fully saturated rings. The molecule has 4 heteroatoms. The van der Waals surface area contributed by atoms with Crippen LogP contribution in [0.2, 0.25) is 0 Å². The molecule has 0 atom stereocenters. The SMILES string of the molecule is [Cr][Fe].[Fe][Mo]. The zero-order chi connectivity index (χ0) is 4.00. The first-order valence-corrected chi connectivity index (χ1v) is 5.97. The molecule has 0 nitrogen and oxygen atoms in total. The maximum atomic E-state index is 3.26. The summed E-state index contributed by atoms with van der Waals surface area (Å²) in [7, 11) is 0. The molecular weight excluding hydrogens is 260 g/mol. The normalized spacial score (nSPS) is 2.50. The zero-order valence-electron chi connectivity index (χ0n) is 1.52. The predicted octanol–water partition coefficient (Wildman–Crippen LogP) is -0.0100. The van der Waals surface area contributed by atoms with E-state index < -0.39 is 0 Å². The molecule has 4 heavy (non-hydrogen) atoms. The van der Waals surface area contributed by atoms with E-state index in [9.17, 15) is 0 Å². The van der Waals surface area contributed by atoms with Crippen molar-refractivity contribution in [2.45, 2.75) is 0 Å². The van der Waals surface area contributed by atoms with Crippen LogP contribution in [0.15, 0.2) is 0 Å². The van der Waals surface area contributed by atoms with Crippen molar-refractivity contribution >= 4 is 0 Å². The van der Waals surface area contributed by atoms with Gasteiger partial charge in [-0.15, -0.1) is 0 Å². The maximum absolute atomic E-state index is 3.26. The third kappa shape index (κ3) is 8.86. The molecule has 0 spiro atoms. The van der Waals surface area contributed by atoms with Crippen molar-refractivity contribution in [2.24, 2.45) is 0 Å². The summed E-state index contributed by atoms with van der Waals surface area (Å²) < 4.78 is 0. The molecular formula is CrFe2Mo. The van der Waals surface area contributed by atoms with Crippen LogP contribution < -0.4 is 0 Å². The Hall–Kier alpha value is 2.26. The summed E-state index contributed by atoms with van der Waals surface area (Å²) in [6.45, 7) is 0. The van der Waals surface area contributed by atoms with Crippen molar-refractivity contribution in [1.82, 2.24) is 0 Å². The molecule has 0 unspecified atom stereocenters. The second-order valence-electron chi connectivity index (χ2n) is 0. The van der Waals surface area contributed by atoms with Crippen LogP contribution in [0, 0.1) is 0 Å². The van der Waals surface area contributed by atoms with Crippen LogP contribution in [0.25, 0.3) is 0 Å². The van der Waals surface area contributed by atoms with Crippen LogP contribution in [0.1, 0.15) is 0 Å². The fraction of sp³-hybridized carbons (Fsp3) is 0. The van der Waals surface area contributed by atoms with Gasteiger partial charge < -0.3 is 0 Å². The molecule has 0 aromatic rings. The van der Waals surface area contributed by atoms with Gasteiger partial charge in [0, 0.05) is 0 Å². The van der Waals surface area contributed by atoms with Gasteiger partial charge in [-0.25, -0.2) is 0 Å². The van der Waals surface area contributed by atoms with Crippen molar-refractivity contribution in [3.8, 4) is 0 Å². The standard InChI is InChI=1S/Cr.2Fe.Mo. The Balaban J connectivity index is 0. The van der Waals surface area contributed by atoms with Crippen molar-refractivity contribution in [3.05, 3.63) is 0 Å². The molecule has 0 saturated carbocycles. The Kier molecular flexibility index (Phi) is 44.6. The van der Waals surface area contributed by atoms with Crippen molar-refractivity contribution < 1.29 is 59.7 Å². The predicted molar refractivity (Wildman–Crippen MR) is 0 cm³/mol. The minimum atomic E-state index is 1.70. The van der Waals surface area contributed by atoms with Gasteiger partial charge >= 0.3 is 59.7 Å². The molecule has 0 N–H and O–H groups in total. The van der Waals surface area contributed by atoms with Gasteiger partial charge in [0.15, 0.2) is 0 Å². The van der Waals surface area contributed by atoms with E-state index in [2.05, 4.69) is 41.9 Å². The van der Waals surface area contributed by atoms with Crippen LogP contribution in [0.3, 0.4) is 0 Å². The second kappa shape index (κ2) is 18.7. The molecule has 0 bridgehead atoms. The fourth-order valence-electron chi connectivity index (χ4n) is 0. The Morgan fingerprint density at radius 2 is 1.25 bits per heavy atom. The molecule has 0 amide bonds. The molecule has 28 valence electrons. The average molecular weight is 260 g/mol. The molecule has 0 aliphatic carbocycles. The van der Waals surface area contributed by atoms with Gasteiger partial charge in [-0.2, -0.15) is 0 Å². The molecule has 0 aromatic carbocycles. The molecule has 0 aliphatic rings. The summed E-state index contributed by atoms with van der Waals surface area (Å²) in [5.74, 6) is 0. The summed E-state index contributed by atoms with van der Waals surface area (Å²) in [6, 6.07) is 0. The summed E-state index contributed by atoms with van der Waals surface area (Å²) in [5, 5.41) is 0. The number of rotatable bonds is 0. The minimum absolute atomic E-state index is 1.70.